The molecule has 0 aromatic carbocycles. The summed E-state index contributed by atoms with van der Waals surface area (Å²) in [6, 6.07) is -1.81. The summed E-state index contributed by atoms with van der Waals surface area (Å²) < 4.78 is 0. The number of carbonyl (C=O) groups is 5. The summed E-state index contributed by atoms with van der Waals surface area (Å²) in [6.07, 6.45) is 0. The van der Waals surface area contributed by atoms with Gasteiger partial charge in [-0.05, 0) is 6.92 Å². The molecule has 0 aromatic heterocycles. The molecule has 1 fully saturated rings. The molecule has 1 atom stereocenters. The van der Waals surface area contributed by atoms with E-state index in [2.05, 4.69) is 5.32 Å². The van der Waals surface area contributed by atoms with Crippen molar-refractivity contribution in [2.45, 2.75) is 19.9 Å². The lowest BCUT2D eigenvalue weighted by atomic mass is 10.2. The molecule has 1 heterocycles. The quantitative estimate of drug-likeness (QED) is 0.464. The van der Waals surface area contributed by atoms with Crippen LogP contribution in [0, 0.1) is 0 Å². The molecule has 0 spiro atoms. The molecule has 122 valence electrons. The molecule has 5 amide bonds. The normalized spacial score (nSPS) is 15.3. The fourth-order valence-corrected chi connectivity index (χ4v) is 1.88. The van der Waals surface area contributed by atoms with Crippen molar-refractivity contribution in [2.24, 2.45) is 0 Å². The Kier molecular flexibility index (Phi) is 5.84. The number of carboxylic acid groups (broad SMARTS) is 1. The Balaban J connectivity index is 2.70. The Hall–Kier alpha value is -2.65. The van der Waals surface area contributed by atoms with Crippen LogP contribution in [0.1, 0.15) is 13.8 Å². The lowest BCUT2D eigenvalue weighted by Gasteiger charge is -2.28. The highest BCUT2D eigenvalue weighted by Gasteiger charge is 2.32. The summed E-state index contributed by atoms with van der Waals surface area (Å²) in [5, 5.41) is 13.5. The third kappa shape index (κ3) is 4.72. The van der Waals surface area contributed by atoms with E-state index >= 15 is 0 Å². The van der Waals surface area contributed by atoms with Crippen LogP contribution in [-0.4, -0.2) is 76.8 Å². The summed E-state index contributed by atoms with van der Waals surface area (Å²) in [5.41, 5.74) is 0. The van der Waals surface area contributed by atoms with Gasteiger partial charge < -0.3 is 20.2 Å². The Morgan fingerprint density at radius 2 is 2.05 bits per heavy atom. The third-order valence-electron chi connectivity index (χ3n) is 3.07. The summed E-state index contributed by atoms with van der Waals surface area (Å²) in [6.45, 7) is 2.04. The van der Waals surface area contributed by atoms with E-state index in [1.807, 2.05) is 5.32 Å². The third-order valence-corrected chi connectivity index (χ3v) is 3.07. The van der Waals surface area contributed by atoms with Gasteiger partial charge in [0.2, 0.25) is 17.7 Å². The standard InChI is InChI=1S/C12H18N4O6/c1-7(11(20)21)16(4-3-13-8(2)17)10(19)6-15-5-9(18)14-12(15)22/h7H,3-6H2,1-2H3,(H,13,17)(H,20,21)(H,14,18,22). The lowest BCUT2D eigenvalue weighted by Crippen LogP contribution is -2.50. The van der Waals surface area contributed by atoms with Crippen molar-refractivity contribution in [1.29, 1.82) is 0 Å². The molecule has 1 aliphatic heterocycles. The first-order chi connectivity index (χ1) is 10.2. The minimum atomic E-state index is -1.21. The number of rotatable bonds is 7. The van der Waals surface area contributed by atoms with E-state index in [4.69, 9.17) is 5.11 Å². The zero-order valence-corrected chi connectivity index (χ0v) is 12.3. The van der Waals surface area contributed by atoms with Gasteiger partial charge in [0.25, 0.3) is 0 Å². The van der Waals surface area contributed by atoms with Gasteiger partial charge in [-0.3, -0.25) is 19.7 Å². The smallest absolute Gasteiger partial charge is 0.326 e. The van der Waals surface area contributed by atoms with Crippen LogP contribution in [0.4, 0.5) is 4.79 Å². The van der Waals surface area contributed by atoms with E-state index in [0.717, 1.165) is 9.80 Å². The maximum absolute atomic E-state index is 12.2. The Morgan fingerprint density at radius 1 is 1.41 bits per heavy atom. The number of hydrogen-bond acceptors (Lipinski definition) is 5. The van der Waals surface area contributed by atoms with E-state index < -0.39 is 36.4 Å². The number of nitrogens with one attached hydrogen (secondary N) is 2. The van der Waals surface area contributed by atoms with Gasteiger partial charge in [-0.25, -0.2) is 9.59 Å². The summed E-state index contributed by atoms with van der Waals surface area (Å²) in [5.74, 6) is -2.66. The first kappa shape index (κ1) is 17.4. The molecule has 0 aliphatic carbocycles. The largest absolute Gasteiger partial charge is 0.480 e. The second kappa shape index (κ2) is 7.38. The highest BCUT2D eigenvalue weighted by molar-refractivity contribution is 6.03. The average Bonchev–Trinajstić information content (AvgIpc) is 2.71. The number of hydrogen-bond donors (Lipinski definition) is 3. The zero-order valence-electron chi connectivity index (χ0n) is 12.3. The van der Waals surface area contributed by atoms with Gasteiger partial charge in [0.05, 0.1) is 0 Å². The van der Waals surface area contributed by atoms with Crippen LogP contribution < -0.4 is 10.6 Å². The van der Waals surface area contributed by atoms with E-state index in [-0.39, 0.29) is 25.5 Å². The van der Waals surface area contributed by atoms with Gasteiger partial charge in [-0.2, -0.15) is 0 Å². The molecular weight excluding hydrogens is 296 g/mol. The number of urea groups is 1. The minimum Gasteiger partial charge on any atom is -0.480 e. The molecule has 22 heavy (non-hydrogen) atoms. The molecule has 1 rings (SSSR count). The van der Waals surface area contributed by atoms with Gasteiger partial charge in [0.1, 0.15) is 19.1 Å². The topological polar surface area (TPSA) is 136 Å². The van der Waals surface area contributed by atoms with Gasteiger partial charge in [-0.1, -0.05) is 0 Å². The second-order valence-corrected chi connectivity index (χ2v) is 4.79. The van der Waals surface area contributed by atoms with E-state index in [1.54, 1.807) is 0 Å². The Bertz CT molecular complexity index is 506. The van der Waals surface area contributed by atoms with Crippen LogP contribution in [0.3, 0.4) is 0 Å². The fraction of sp³-hybridized carbons (Fsp3) is 0.583. The number of nitrogens with zero attached hydrogens (tertiary/aromatic N) is 2. The first-order valence-corrected chi connectivity index (χ1v) is 6.58. The van der Waals surface area contributed by atoms with E-state index in [9.17, 15) is 24.0 Å². The number of carboxylic acids is 1. The molecule has 1 unspecified atom stereocenters. The second-order valence-electron chi connectivity index (χ2n) is 4.79. The molecule has 1 saturated heterocycles. The van der Waals surface area contributed by atoms with Crippen LogP contribution in [-0.2, 0) is 19.2 Å². The lowest BCUT2D eigenvalue weighted by molar-refractivity contribution is -0.149. The molecule has 10 heteroatoms. The Labute approximate surface area is 126 Å². The molecule has 1 aliphatic rings. The van der Waals surface area contributed by atoms with Crippen LogP contribution >= 0.6 is 0 Å². The molecule has 0 aromatic rings. The summed E-state index contributed by atoms with van der Waals surface area (Å²) in [7, 11) is 0. The predicted octanol–water partition coefficient (Wildman–Crippen LogP) is -2.02. The Morgan fingerprint density at radius 3 is 2.50 bits per heavy atom. The molecular formula is C12H18N4O6. The van der Waals surface area contributed by atoms with Crippen molar-refractivity contribution in [3.63, 3.8) is 0 Å². The van der Waals surface area contributed by atoms with Crippen molar-refractivity contribution >= 4 is 29.7 Å². The minimum absolute atomic E-state index is 0.0186. The average molecular weight is 314 g/mol. The fourth-order valence-electron chi connectivity index (χ4n) is 1.88. The van der Waals surface area contributed by atoms with Gasteiger partial charge in [-0.15, -0.1) is 0 Å². The first-order valence-electron chi connectivity index (χ1n) is 6.58. The van der Waals surface area contributed by atoms with E-state index in [1.165, 1.54) is 13.8 Å². The summed E-state index contributed by atoms with van der Waals surface area (Å²) in [4.78, 5) is 58.6. The number of amides is 5. The SMILES string of the molecule is CC(=O)NCCN(C(=O)CN1CC(=O)NC1=O)C(C)C(=O)O. The van der Waals surface area contributed by atoms with Crippen molar-refractivity contribution < 1.29 is 29.1 Å². The van der Waals surface area contributed by atoms with Crippen molar-refractivity contribution in [2.75, 3.05) is 26.2 Å². The van der Waals surface area contributed by atoms with Crippen molar-refractivity contribution in [3.05, 3.63) is 0 Å². The monoisotopic (exact) mass is 314 g/mol. The molecule has 0 radical (unpaired) electrons. The summed E-state index contributed by atoms with van der Waals surface area (Å²) >= 11 is 0. The van der Waals surface area contributed by atoms with Crippen molar-refractivity contribution in [3.8, 4) is 0 Å². The highest BCUT2D eigenvalue weighted by atomic mass is 16.4. The number of carbonyl (C=O) groups excluding carboxylic acids is 4. The highest BCUT2D eigenvalue weighted by Crippen LogP contribution is 2.04. The predicted molar refractivity (Wildman–Crippen MR) is 72.6 cm³/mol. The zero-order chi connectivity index (χ0) is 16.9. The van der Waals surface area contributed by atoms with Crippen LogP contribution in [0.15, 0.2) is 0 Å². The number of imide groups is 1. The van der Waals surface area contributed by atoms with Crippen molar-refractivity contribution in [1.82, 2.24) is 20.4 Å². The van der Waals surface area contributed by atoms with Gasteiger partial charge in [0, 0.05) is 20.0 Å². The van der Waals surface area contributed by atoms with Crippen LogP contribution in [0.2, 0.25) is 0 Å². The molecule has 0 bridgehead atoms. The van der Waals surface area contributed by atoms with Crippen LogP contribution in [0.5, 0.6) is 0 Å². The molecule has 3 N–H and O–H groups in total. The number of aliphatic carboxylic acids is 1. The van der Waals surface area contributed by atoms with Crippen LogP contribution in [0.25, 0.3) is 0 Å². The van der Waals surface area contributed by atoms with Gasteiger partial charge in [0.15, 0.2) is 0 Å². The van der Waals surface area contributed by atoms with Gasteiger partial charge >= 0.3 is 12.0 Å². The molecule has 10 nitrogen and oxygen atoms in total. The van der Waals surface area contributed by atoms with E-state index in [0.29, 0.717) is 0 Å². The maximum Gasteiger partial charge on any atom is 0.326 e. The maximum atomic E-state index is 12.2. The molecule has 0 saturated carbocycles.